The Labute approximate surface area is 152 Å². The van der Waals surface area contributed by atoms with Crippen LogP contribution in [0.5, 0.6) is 0 Å². The lowest BCUT2D eigenvalue weighted by Crippen LogP contribution is -2.30. The standard InChI is InChI=1S/C21H20N4O/c1-15(16-7-3-2-4-8-16)23-21-22-13-11-18(24-21)20(26)25-14-12-17-9-5-6-10-19(17)25/h2-11,13,15H,12,14H2,1H3,(H,22,23,24). The lowest BCUT2D eigenvalue weighted by atomic mass is 10.1. The normalized spacial score (nSPS) is 14.0. The van der Waals surface area contributed by atoms with Crippen LogP contribution in [0, 0.1) is 0 Å². The number of aromatic nitrogens is 2. The zero-order chi connectivity index (χ0) is 17.9. The minimum atomic E-state index is -0.0900. The Morgan fingerprint density at radius 3 is 2.69 bits per heavy atom. The van der Waals surface area contributed by atoms with Gasteiger partial charge in [-0.2, -0.15) is 0 Å². The van der Waals surface area contributed by atoms with Gasteiger partial charge in [0.2, 0.25) is 5.95 Å². The minimum Gasteiger partial charge on any atom is -0.348 e. The van der Waals surface area contributed by atoms with E-state index in [4.69, 9.17) is 0 Å². The second-order valence-corrected chi connectivity index (χ2v) is 6.38. The van der Waals surface area contributed by atoms with Crippen molar-refractivity contribution in [1.82, 2.24) is 9.97 Å². The molecule has 5 nitrogen and oxygen atoms in total. The molecule has 0 fully saturated rings. The molecule has 0 radical (unpaired) electrons. The van der Waals surface area contributed by atoms with Gasteiger partial charge in [0.05, 0.1) is 6.04 Å². The molecule has 4 rings (SSSR count). The van der Waals surface area contributed by atoms with Gasteiger partial charge in [0.1, 0.15) is 5.69 Å². The van der Waals surface area contributed by atoms with E-state index in [1.165, 1.54) is 5.56 Å². The first-order valence-corrected chi connectivity index (χ1v) is 8.76. The van der Waals surface area contributed by atoms with Gasteiger partial charge in [0, 0.05) is 18.4 Å². The maximum Gasteiger partial charge on any atom is 0.277 e. The maximum absolute atomic E-state index is 12.9. The fourth-order valence-corrected chi connectivity index (χ4v) is 3.25. The van der Waals surface area contributed by atoms with E-state index < -0.39 is 0 Å². The Bertz CT molecular complexity index is 926. The van der Waals surface area contributed by atoms with E-state index in [-0.39, 0.29) is 11.9 Å². The largest absolute Gasteiger partial charge is 0.348 e. The first-order chi connectivity index (χ1) is 12.7. The van der Waals surface area contributed by atoms with Gasteiger partial charge < -0.3 is 10.2 Å². The van der Waals surface area contributed by atoms with E-state index in [0.717, 1.165) is 17.7 Å². The zero-order valence-electron chi connectivity index (χ0n) is 14.6. The second-order valence-electron chi connectivity index (χ2n) is 6.38. The first-order valence-electron chi connectivity index (χ1n) is 8.76. The fraction of sp³-hybridized carbons (Fsp3) is 0.190. The van der Waals surface area contributed by atoms with Crippen molar-refractivity contribution < 1.29 is 4.79 Å². The third-order valence-corrected chi connectivity index (χ3v) is 4.65. The quantitative estimate of drug-likeness (QED) is 0.781. The van der Waals surface area contributed by atoms with Crippen LogP contribution in [0.3, 0.4) is 0 Å². The Morgan fingerprint density at radius 1 is 1.08 bits per heavy atom. The lowest BCUT2D eigenvalue weighted by molar-refractivity contribution is 0.0984. The van der Waals surface area contributed by atoms with Crippen LogP contribution in [0.15, 0.2) is 66.9 Å². The number of rotatable bonds is 4. The van der Waals surface area contributed by atoms with E-state index >= 15 is 0 Å². The molecular weight excluding hydrogens is 324 g/mol. The van der Waals surface area contributed by atoms with Crippen LogP contribution in [0.1, 0.15) is 34.6 Å². The molecule has 0 saturated heterocycles. The van der Waals surface area contributed by atoms with Crippen molar-refractivity contribution in [1.29, 1.82) is 0 Å². The Kier molecular flexibility index (Phi) is 4.35. The van der Waals surface area contributed by atoms with Gasteiger partial charge in [-0.15, -0.1) is 0 Å². The van der Waals surface area contributed by atoms with Gasteiger partial charge in [-0.3, -0.25) is 4.79 Å². The first kappa shape index (κ1) is 16.3. The molecule has 3 aromatic rings. The van der Waals surface area contributed by atoms with Crippen molar-refractivity contribution in [2.24, 2.45) is 0 Å². The van der Waals surface area contributed by atoms with Crippen molar-refractivity contribution in [3.8, 4) is 0 Å². The summed E-state index contributed by atoms with van der Waals surface area (Å²) < 4.78 is 0. The number of nitrogens with zero attached hydrogens (tertiary/aromatic N) is 3. The molecule has 1 aromatic heterocycles. The van der Waals surface area contributed by atoms with Crippen molar-refractivity contribution in [3.63, 3.8) is 0 Å². The van der Waals surface area contributed by atoms with Gasteiger partial charge in [-0.1, -0.05) is 48.5 Å². The number of carbonyl (C=O) groups excluding carboxylic acids is 1. The predicted molar refractivity (Wildman–Crippen MR) is 102 cm³/mol. The van der Waals surface area contributed by atoms with Gasteiger partial charge in [-0.05, 0) is 36.6 Å². The van der Waals surface area contributed by atoms with E-state index in [0.29, 0.717) is 18.2 Å². The smallest absolute Gasteiger partial charge is 0.277 e. The number of anilines is 2. The summed E-state index contributed by atoms with van der Waals surface area (Å²) in [5.41, 5.74) is 3.72. The summed E-state index contributed by atoms with van der Waals surface area (Å²) in [7, 11) is 0. The number of hydrogen-bond acceptors (Lipinski definition) is 4. The molecule has 1 amide bonds. The number of benzene rings is 2. The van der Waals surface area contributed by atoms with Gasteiger partial charge in [-0.25, -0.2) is 9.97 Å². The van der Waals surface area contributed by atoms with Crippen molar-refractivity contribution in [3.05, 3.63) is 83.7 Å². The average Bonchev–Trinajstić information content (AvgIpc) is 3.12. The molecule has 1 aliphatic rings. The van der Waals surface area contributed by atoms with E-state index in [2.05, 4.69) is 21.4 Å². The number of amides is 1. The Hall–Kier alpha value is -3.21. The maximum atomic E-state index is 12.9. The van der Waals surface area contributed by atoms with Crippen molar-refractivity contribution >= 4 is 17.5 Å². The number of para-hydroxylation sites is 1. The molecule has 0 bridgehead atoms. The molecular formula is C21H20N4O. The topological polar surface area (TPSA) is 58.1 Å². The average molecular weight is 344 g/mol. The molecule has 130 valence electrons. The highest BCUT2D eigenvalue weighted by Crippen LogP contribution is 2.28. The van der Waals surface area contributed by atoms with E-state index in [1.807, 2.05) is 55.5 Å². The van der Waals surface area contributed by atoms with Crippen molar-refractivity contribution in [2.75, 3.05) is 16.8 Å². The molecule has 1 unspecified atom stereocenters. The van der Waals surface area contributed by atoms with Crippen LogP contribution < -0.4 is 10.2 Å². The minimum absolute atomic E-state index is 0.0501. The van der Waals surface area contributed by atoms with Crippen LogP contribution >= 0.6 is 0 Å². The molecule has 0 saturated carbocycles. The number of nitrogens with one attached hydrogen (secondary N) is 1. The molecule has 5 heteroatoms. The molecule has 1 aliphatic heterocycles. The summed E-state index contributed by atoms with van der Waals surface area (Å²) in [6.07, 6.45) is 2.51. The highest BCUT2D eigenvalue weighted by Gasteiger charge is 2.26. The number of carbonyl (C=O) groups is 1. The number of hydrogen-bond donors (Lipinski definition) is 1. The van der Waals surface area contributed by atoms with E-state index in [9.17, 15) is 4.79 Å². The van der Waals surface area contributed by atoms with Crippen LogP contribution in [-0.2, 0) is 6.42 Å². The molecule has 2 aromatic carbocycles. The van der Waals surface area contributed by atoms with Gasteiger partial charge >= 0.3 is 0 Å². The highest BCUT2D eigenvalue weighted by atomic mass is 16.2. The molecule has 0 spiro atoms. The molecule has 1 N–H and O–H groups in total. The Morgan fingerprint density at radius 2 is 1.85 bits per heavy atom. The predicted octanol–water partition coefficient (Wildman–Crippen LogP) is 3.85. The summed E-state index contributed by atoms with van der Waals surface area (Å²) in [5, 5.41) is 3.27. The SMILES string of the molecule is CC(Nc1nccc(C(=O)N2CCc3ccccc32)n1)c1ccccc1. The highest BCUT2D eigenvalue weighted by molar-refractivity contribution is 6.06. The number of fused-ring (bicyclic) bond motifs is 1. The summed E-state index contributed by atoms with van der Waals surface area (Å²) in [6.45, 7) is 2.73. The van der Waals surface area contributed by atoms with Crippen molar-refractivity contribution in [2.45, 2.75) is 19.4 Å². The second kappa shape index (κ2) is 6.96. The third kappa shape index (κ3) is 3.16. The van der Waals surface area contributed by atoms with Crippen LogP contribution in [0.4, 0.5) is 11.6 Å². The summed E-state index contributed by atoms with van der Waals surface area (Å²) in [5.74, 6) is 0.368. The lowest BCUT2D eigenvalue weighted by Gasteiger charge is -2.18. The molecule has 0 aliphatic carbocycles. The zero-order valence-corrected chi connectivity index (χ0v) is 14.6. The van der Waals surface area contributed by atoms with Gasteiger partial charge in [0.25, 0.3) is 5.91 Å². The fourth-order valence-electron chi connectivity index (χ4n) is 3.25. The molecule has 2 heterocycles. The Balaban J connectivity index is 1.54. The van der Waals surface area contributed by atoms with Crippen LogP contribution in [0.25, 0.3) is 0 Å². The van der Waals surface area contributed by atoms with Gasteiger partial charge in [0.15, 0.2) is 0 Å². The molecule has 1 atom stereocenters. The monoisotopic (exact) mass is 344 g/mol. The third-order valence-electron chi connectivity index (χ3n) is 4.65. The summed E-state index contributed by atoms with van der Waals surface area (Å²) in [6, 6.07) is 19.8. The summed E-state index contributed by atoms with van der Waals surface area (Å²) >= 11 is 0. The van der Waals surface area contributed by atoms with E-state index in [1.54, 1.807) is 17.2 Å². The summed E-state index contributed by atoms with van der Waals surface area (Å²) in [4.78, 5) is 23.4. The molecule has 26 heavy (non-hydrogen) atoms. The van der Waals surface area contributed by atoms with Crippen LogP contribution in [0.2, 0.25) is 0 Å². The van der Waals surface area contributed by atoms with Crippen LogP contribution in [-0.4, -0.2) is 22.4 Å².